The largest absolute Gasteiger partial charge is 0.481 e. The van der Waals surface area contributed by atoms with E-state index in [1.807, 2.05) is 0 Å². The van der Waals surface area contributed by atoms with Gasteiger partial charge in [-0.25, -0.2) is 4.79 Å². The molecule has 0 spiro atoms. The van der Waals surface area contributed by atoms with Gasteiger partial charge in [0.05, 0.1) is 5.41 Å². The summed E-state index contributed by atoms with van der Waals surface area (Å²) in [6, 6.07) is -0.282. The van der Waals surface area contributed by atoms with E-state index in [0.717, 1.165) is 32.1 Å². The zero-order valence-corrected chi connectivity index (χ0v) is 13.4. The lowest BCUT2D eigenvalue weighted by Gasteiger charge is -2.36. The van der Waals surface area contributed by atoms with Crippen molar-refractivity contribution in [1.29, 1.82) is 0 Å². The lowest BCUT2D eigenvalue weighted by molar-refractivity contribution is -0.148. The van der Waals surface area contributed by atoms with E-state index in [-0.39, 0.29) is 23.5 Å². The summed E-state index contributed by atoms with van der Waals surface area (Å²) in [5.41, 5.74) is -0.553. The van der Waals surface area contributed by atoms with E-state index >= 15 is 0 Å². The van der Waals surface area contributed by atoms with Crippen LogP contribution in [0.4, 0.5) is 4.79 Å². The number of carbonyl (C=O) groups is 2. The number of carboxylic acid groups (broad SMARTS) is 1. The maximum Gasteiger partial charge on any atom is 0.315 e. The standard InChI is InChI=1S/C16H28N2O3/c1-15(2)8-4-6-11(10-15)17-14(21)18-12-7-5-9-16(12,3)13(19)20/h11-12H,4-10H2,1-3H3,(H,19,20)(H2,17,18,21). The smallest absolute Gasteiger partial charge is 0.315 e. The Morgan fingerprint density at radius 2 is 1.71 bits per heavy atom. The quantitative estimate of drug-likeness (QED) is 0.749. The molecule has 0 bridgehead atoms. The van der Waals surface area contributed by atoms with Crippen molar-refractivity contribution in [3.63, 3.8) is 0 Å². The molecule has 0 aromatic heterocycles. The maximum atomic E-state index is 12.2. The van der Waals surface area contributed by atoms with Gasteiger partial charge in [-0.15, -0.1) is 0 Å². The molecule has 5 heteroatoms. The van der Waals surface area contributed by atoms with E-state index in [0.29, 0.717) is 6.42 Å². The van der Waals surface area contributed by atoms with Crippen molar-refractivity contribution in [3.05, 3.63) is 0 Å². The molecule has 2 fully saturated rings. The van der Waals surface area contributed by atoms with E-state index in [2.05, 4.69) is 24.5 Å². The fourth-order valence-corrected chi connectivity index (χ4v) is 3.86. The first-order valence-electron chi connectivity index (χ1n) is 8.03. The Balaban J connectivity index is 1.88. The third-order valence-corrected chi connectivity index (χ3v) is 5.29. The monoisotopic (exact) mass is 296 g/mol. The molecule has 2 rings (SSSR count). The van der Waals surface area contributed by atoms with Crippen LogP contribution in [0.25, 0.3) is 0 Å². The number of amides is 2. The van der Waals surface area contributed by atoms with Crippen LogP contribution in [0.3, 0.4) is 0 Å². The van der Waals surface area contributed by atoms with Crippen molar-refractivity contribution in [2.24, 2.45) is 10.8 Å². The second-order valence-corrected chi connectivity index (χ2v) is 7.74. The van der Waals surface area contributed by atoms with Crippen LogP contribution in [0, 0.1) is 10.8 Å². The van der Waals surface area contributed by atoms with Crippen LogP contribution in [0.15, 0.2) is 0 Å². The van der Waals surface area contributed by atoms with Gasteiger partial charge in [-0.3, -0.25) is 4.79 Å². The molecule has 2 aliphatic rings. The zero-order chi connectivity index (χ0) is 15.7. The molecule has 3 unspecified atom stereocenters. The van der Waals surface area contributed by atoms with Crippen LogP contribution in [-0.2, 0) is 4.79 Å². The SMILES string of the molecule is CC1(C)CCCC(NC(=O)NC2CCCC2(C)C(=O)O)C1. The highest BCUT2D eigenvalue weighted by Gasteiger charge is 2.46. The predicted molar refractivity (Wildman–Crippen MR) is 81.1 cm³/mol. The van der Waals surface area contributed by atoms with Crippen LogP contribution in [0.2, 0.25) is 0 Å². The first kappa shape index (κ1) is 16.1. The van der Waals surface area contributed by atoms with Crippen LogP contribution in [0.5, 0.6) is 0 Å². The highest BCUT2D eigenvalue weighted by Crippen LogP contribution is 2.38. The van der Waals surface area contributed by atoms with Crippen LogP contribution in [0.1, 0.15) is 65.7 Å². The van der Waals surface area contributed by atoms with Gasteiger partial charge < -0.3 is 15.7 Å². The van der Waals surface area contributed by atoms with E-state index in [1.54, 1.807) is 6.92 Å². The van der Waals surface area contributed by atoms with Gasteiger partial charge in [0.15, 0.2) is 0 Å². The molecule has 2 aliphatic carbocycles. The summed E-state index contributed by atoms with van der Waals surface area (Å²) in [7, 11) is 0. The van der Waals surface area contributed by atoms with Gasteiger partial charge in [-0.05, 0) is 44.4 Å². The van der Waals surface area contributed by atoms with Gasteiger partial charge in [0.1, 0.15) is 0 Å². The van der Waals surface area contributed by atoms with Gasteiger partial charge in [0, 0.05) is 12.1 Å². The molecule has 3 N–H and O–H groups in total. The number of nitrogens with one attached hydrogen (secondary N) is 2. The Morgan fingerprint density at radius 3 is 2.33 bits per heavy atom. The zero-order valence-electron chi connectivity index (χ0n) is 13.4. The maximum absolute atomic E-state index is 12.2. The molecule has 21 heavy (non-hydrogen) atoms. The summed E-state index contributed by atoms with van der Waals surface area (Å²) in [4.78, 5) is 23.6. The van der Waals surface area contributed by atoms with Crippen molar-refractivity contribution >= 4 is 12.0 Å². The van der Waals surface area contributed by atoms with Crippen molar-refractivity contribution in [2.75, 3.05) is 0 Å². The molecule has 2 amide bonds. The predicted octanol–water partition coefficient (Wildman–Crippen LogP) is 2.90. The molecule has 120 valence electrons. The molecule has 0 heterocycles. The fraction of sp³-hybridized carbons (Fsp3) is 0.875. The number of carboxylic acids is 1. The molecule has 0 saturated heterocycles. The number of hydrogen-bond acceptors (Lipinski definition) is 2. The Kier molecular flexibility index (Phi) is 4.49. The van der Waals surface area contributed by atoms with E-state index in [9.17, 15) is 14.7 Å². The normalized spacial score (nSPS) is 35.2. The molecule has 0 aromatic carbocycles. The van der Waals surface area contributed by atoms with Crippen molar-refractivity contribution in [3.8, 4) is 0 Å². The van der Waals surface area contributed by atoms with Gasteiger partial charge >= 0.3 is 12.0 Å². The number of aliphatic carboxylic acids is 1. The van der Waals surface area contributed by atoms with Gasteiger partial charge in [0.25, 0.3) is 0 Å². The molecule has 3 atom stereocenters. The van der Waals surface area contributed by atoms with E-state index < -0.39 is 11.4 Å². The summed E-state index contributed by atoms with van der Waals surface area (Å²) in [6.45, 7) is 6.20. The fourth-order valence-electron chi connectivity index (χ4n) is 3.86. The average Bonchev–Trinajstić information content (AvgIpc) is 2.70. The summed E-state index contributed by atoms with van der Waals surface area (Å²) >= 11 is 0. The van der Waals surface area contributed by atoms with E-state index in [1.165, 1.54) is 6.42 Å². The highest BCUT2D eigenvalue weighted by atomic mass is 16.4. The summed E-state index contributed by atoms with van der Waals surface area (Å²) < 4.78 is 0. The minimum Gasteiger partial charge on any atom is -0.481 e. The van der Waals surface area contributed by atoms with Crippen molar-refractivity contribution in [1.82, 2.24) is 10.6 Å². The van der Waals surface area contributed by atoms with E-state index in [4.69, 9.17) is 0 Å². The first-order chi connectivity index (χ1) is 9.73. The Morgan fingerprint density at radius 1 is 1.05 bits per heavy atom. The lowest BCUT2D eigenvalue weighted by Crippen LogP contribution is -2.53. The molecule has 5 nitrogen and oxygen atoms in total. The van der Waals surface area contributed by atoms with Gasteiger partial charge in [0.2, 0.25) is 0 Å². The Hall–Kier alpha value is -1.26. The molecular formula is C16H28N2O3. The summed E-state index contributed by atoms with van der Waals surface area (Å²) in [6.07, 6.45) is 6.56. The Labute approximate surface area is 126 Å². The number of hydrogen-bond donors (Lipinski definition) is 3. The van der Waals surface area contributed by atoms with Gasteiger partial charge in [-0.2, -0.15) is 0 Å². The third kappa shape index (κ3) is 3.69. The molecular weight excluding hydrogens is 268 g/mol. The number of rotatable bonds is 3. The average molecular weight is 296 g/mol. The highest BCUT2D eigenvalue weighted by molar-refractivity contribution is 5.79. The van der Waals surface area contributed by atoms with Crippen LogP contribution in [-0.4, -0.2) is 29.2 Å². The van der Waals surface area contributed by atoms with Crippen molar-refractivity contribution < 1.29 is 14.7 Å². The topological polar surface area (TPSA) is 78.4 Å². The molecule has 0 radical (unpaired) electrons. The molecule has 2 saturated carbocycles. The lowest BCUT2D eigenvalue weighted by atomic mass is 9.75. The second kappa shape index (κ2) is 5.85. The van der Waals surface area contributed by atoms with Crippen molar-refractivity contribution in [2.45, 2.75) is 77.8 Å². The number of urea groups is 1. The summed E-state index contributed by atoms with van der Waals surface area (Å²) in [5, 5.41) is 15.3. The third-order valence-electron chi connectivity index (χ3n) is 5.29. The molecule has 0 aromatic rings. The van der Waals surface area contributed by atoms with Gasteiger partial charge in [-0.1, -0.05) is 26.7 Å². The molecule has 0 aliphatic heterocycles. The van der Waals surface area contributed by atoms with Crippen LogP contribution < -0.4 is 10.6 Å². The summed E-state index contributed by atoms with van der Waals surface area (Å²) in [5.74, 6) is -0.816. The Bertz CT molecular complexity index is 422. The minimum absolute atomic E-state index is 0.200. The first-order valence-corrected chi connectivity index (χ1v) is 8.03. The number of carbonyl (C=O) groups excluding carboxylic acids is 1. The minimum atomic E-state index is -0.830. The van der Waals surface area contributed by atoms with Crippen LogP contribution >= 0.6 is 0 Å². The second-order valence-electron chi connectivity index (χ2n) is 7.74.